The van der Waals surface area contributed by atoms with E-state index in [2.05, 4.69) is 5.32 Å². The van der Waals surface area contributed by atoms with E-state index in [1.165, 1.54) is 0 Å². The van der Waals surface area contributed by atoms with Gasteiger partial charge in [0.25, 0.3) is 5.91 Å². The molecule has 0 aliphatic heterocycles. The molecule has 1 aromatic carbocycles. The van der Waals surface area contributed by atoms with Gasteiger partial charge in [0, 0.05) is 37.8 Å². The first kappa shape index (κ1) is 19.5. The highest BCUT2D eigenvalue weighted by Crippen LogP contribution is 2.27. The molecule has 0 aromatic heterocycles. The number of hydrogen-bond acceptors (Lipinski definition) is 3. The van der Waals surface area contributed by atoms with Gasteiger partial charge in [0.1, 0.15) is 0 Å². The molecule has 0 unspecified atom stereocenters. The van der Waals surface area contributed by atoms with Gasteiger partial charge in [-0.1, -0.05) is 6.42 Å². The molecule has 0 bridgehead atoms. The maximum Gasteiger partial charge on any atom is 0.253 e. The summed E-state index contributed by atoms with van der Waals surface area (Å²) in [5.41, 5.74) is 8.24. The van der Waals surface area contributed by atoms with Crippen LogP contribution in [0.25, 0.3) is 0 Å². The zero-order chi connectivity index (χ0) is 16.3. The summed E-state index contributed by atoms with van der Waals surface area (Å²) in [6, 6.07) is 5.51. The number of benzene rings is 1. The van der Waals surface area contributed by atoms with E-state index in [9.17, 15) is 9.59 Å². The molecule has 0 heterocycles. The van der Waals surface area contributed by atoms with Gasteiger partial charge in [0.15, 0.2) is 0 Å². The molecule has 128 valence electrons. The van der Waals surface area contributed by atoms with Crippen molar-refractivity contribution >= 4 is 29.9 Å². The van der Waals surface area contributed by atoms with E-state index in [4.69, 9.17) is 5.73 Å². The van der Waals surface area contributed by atoms with Crippen LogP contribution in [0, 0.1) is 12.8 Å². The number of carbonyl (C=O) groups excluding carboxylic acids is 2. The molecule has 0 radical (unpaired) electrons. The van der Waals surface area contributed by atoms with Crippen LogP contribution in [-0.4, -0.2) is 36.9 Å². The predicted octanol–water partition coefficient (Wildman–Crippen LogP) is 2.57. The highest BCUT2D eigenvalue weighted by molar-refractivity contribution is 5.97. The number of anilines is 1. The van der Waals surface area contributed by atoms with E-state index >= 15 is 0 Å². The minimum Gasteiger partial charge on any atom is -0.345 e. The molecule has 23 heavy (non-hydrogen) atoms. The van der Waals surface area contributed by atoms with Crippen LogP contribution in [0.3, 0.4) is 0 Å². The predicted molar refractivity (Wildman–Crippen MR) is 95.0 cm³/mol. The molecule has 1 aliphatic rings. The van der Waals surface area contributed by atoms with Crippen LogP contribution in [0.1, 0.15) is 41.6 Å². The quantitative estimate of drug-likeness (QED) is 0.885. The van der Waals surface area contributed by atoms with Gasteiger partial charge in [0.2, 0.25) is 5.91 Å². The van der Waals surface area contributed by atoms with Crippen molar-refractivity contribution in [1.29, 1.82) is 0 Å². The molecule has 2 rings (SSSR count). The van der Waals surface area contributed by atoms with E-state index < -0.39 is 0 Å². The molecule has 2 atom stereocenters. The van der Waals surface area contributed by atoms with E-state index in [-0.39, 0.29) is 36.2 Å². The van der Waals surface area contributed by atoms with Crippen molar-refractivity contribution < 1.29 is 9.59 Å². The van der Waals surface area contributed by atoms with Gasteiger partial charge >= 0.3 is 0 Å². The van der Waals surface area contributed by atoms with Crippen molar-refractivity contribution in [2.75, 3.05) is 19.4 Å². The Morgan fingerprint density at radius 2 is 2.00 bits per heavy atom. The van der Waals surface area contributed by atoms with Gasteiger partial charge in [-0.15, -0.1) is 12.4 Å². The SMILES string of the molecule is Cc1cc(NC(=O)C[C@@H]2CCC[C@H]2N)ccc1C(=O)N(C)C.Cl. The summed E-state index contributed by atoms with van der Waals surface area (Å²) in [6.45, 7) is 1.87. The third kappa shape index (κ3) is 4.94. The number of nitrogens with one attached hydrogen (secondary N) is 1. The standard InChI is InChI=1S/C17H25N3O2.ClH/c1-11-9-13(7-8-14(11)17(22)20(2)3)19-16(21)10-12-5-4-6-15(12)18;/h7-9,12,15H,4-6,10,18H2,1-3H3,(H,19,21);1H/t12-,15+;/m0./s1. The molecule has 1 aromatic rings. The lowest BCUT2D eigenvalue weighted by molar-refractivity contribution is -0.117. The van der Waals surface area contributed by atoms with Crippen LogP contribution < -0.4 is 11.1 Å². The molecule has 1 aliphatic carbocycles. The van der Waals surface area contributed by atoms with E-state index in [1.54, 1.807) is 31.1 Å². The third-order valence-electron chi connectivity index (χ3n) is 4.31. The first-order valence-corrected chi connectivity index (χ1v) is 7.76. The fourth-order valence-electron chi connectivity index (χ4n) is 2.99. The fourth-order valence-corrected chi connectivity index (χ4v) is 2.99. The maximum atomic E-state index is 12.1. The molecular formula is C17H26ClN3O2. The molecule has 0 saturated heterocycles. The largest absolute Gasteiger partial charge is 0.345 e. The second-order valence-electron chi connectivity index (χ2n) is 6.34. The van der Waals surface area contributed by atoms with Gasteiger partial charge < -0.3 is 16.0 Å². The number of aryl methyl sites for hydroxylation is 1. The van der Waals surface area contributed by atoms with Crippen molar-refractivity contribution in [2.45, 2.75) is 38.6 Å². The van der Waals surface area contributed by atoms with Gasteiger partial charge in [-0.3, -0.25) is 9.59 Å². The monoisotopic (exact) mass is 339 g/mol. The van der Waals surface area contributed by atoms with Crippen LogP contribution in [-0.2, 0) is 4.79 Å². The number of rotatable bonds is 4. The van der Waals surface area contributed by atoms with E-state index in [0.717, 1.165) is 30.5 Å². The number of halogens is 1. The molecule has 6 heteroatoms. The zero-order valence-corrected chi connectivity index (χ0v) is 14.8. The van der Waals surface area contributed by atoms with E-state index in [1.807, 2.05) is 13.0 Å². The van der Waals surface area contributed by atoms with Crippen molar-refractivity contribution in [2.24, 2.45) is 11.7 Å². The van der Waals surface area contributed by atoms with Crippen LogP contribution in [0.5, 0.6) is 0 Å². The van der Waals surface area contributed by atoms with Crippen molar-refractivity contribution in [3.05, 3.63) is 29.3 Å². The van der Waals surface area contributed by atoms with Gasteiger partial charge in [-0.2, -0.15) is 0 Å². The summed E-state index contributed by atoms with van der Waals surface area (Å²) < 4.78 is 0. The Bertz CT molecular complexity index is 575. The van der Waals surface area contributed by atoms with Crippen LogP contribution in [0.15, 0.2) is 18.2 Å². The van der Waals surface area contributed by atoms with Gasteiger partial charge in [0.05, 0.1) is 0 Å². The lowest BCUT2D eigenvalue weighted by Gasteiger charge is -2.16. The number of amides is 2. The molecule has 2 amide bonds. The maximum absolute atomic E-state index is 12.1. The Morgan fingerprint density at radius 1 is 1.30 bits per heavy atom. The van der Waals surface area contributed by atoms with Crippen molar-refractivity contribution in [3.63, 3.8) is 0 Å². The highest BCUT2D eigenvalue weighted by atomic mass is 35.5. The van der Waals surface area contributed by atoms with Gasteiger partial charge in [-0.25, -0.2) is 0 Å². The number of hydrogen-bond donors (Lipinski definition) is 2. The zero-order valence-electron chi connectivity index (χ0n) is 14.0. The average Bonchev–Trinajstić information content (AvgIpc) is 2.83. The van der Waals surface area contributed by atoms with Gasteiger partial charge in [-0.05, 0) is 49.4 Å². The lowest BCUT2D eigenvalue weighted by atomic mass is 9.99. The van der Waals surface area contributed by atoms with E-state index in [0.29, 0.717) is 12.0 Å². The summed E-state index contributed by atoms with van der Waals surface area (Å²) in [6.07, 6.45) is 3.63. The first-order chi connectivity index (χ1) is 10.4. The molecule has 0 spiro atoms. The second-order valence-corrected chi connectivity index (χ2v) is 6.34. The average molecular weight is 340 g/mol. The van der Waals surface area contributed by atoms with Crippen LogP contribution >= 0.6 is 12.4 Å². The Balaban J connectivity index is 0.00000264. The Labute approximate surface area is 144 Å². The molecule has 3 N–H and O–H groups in total. The van der Waals surface area contributed by atoms with Crippen molar-refractivity contribution in [1.82, 2.24) is 4.90 Å². The molecular weight excluding hydrogens is 314 g/mol. The Morgan fingerprint density at radius 3 is 2.52 bits per heavy atom. The minimum atomic E-state index is -0.0349. The number of nitrogens with two attached hydrogens (primary N) is 1. The summed E-state index contributed by atoms with van der Waals surface area (Å²) in [7, 11) is 3.45. The number of nitrogens with zero attached hydrogens (tertiary/aromatic N) is 1. The summed E-state index contributed by atoms with van der Waals surface area (Å²) in [4.78, 5) is 25.6. The van der Waals surface area contributed by atoms with Crippen LogP contribution in [0.4, 0.5) is 5.69 Å². The lowest BCUT2D eigenvalue weighted by Crippen LogP contribution is -2.28. The normalized spacial score (nSPS) is 19.8. The second kappa shape index (κ2) is 8.31. The fraction of sp³-hybridized carbons (Fsp3) is 0.529. The summed E-state index contributed by atoms with van der Waals surface area (Å²) in [5, 5.41) is 2.91. The summed E-state index contributed by atoms with van der Waals surface area (Å²) in [5.74, 6) is 0.247. The smallest absolute Gasteiger partial charge is 0.253 e. The summed E-state index contributed by atoms with van der Waals surface area (Å²) >= 11 is 0. The minimum absolute atomic E-state index is 0. The third-order valence-corrected chi connectivity index (χ3v) is 4.31. The molecule has 1 saturated carbocycles. The topological polar surface area (TPSA) is 75.4 Å². The first-order valence-electron chi connectivity index (χ1n) is 7.76. The van der Waals surface area contributed by atoms with Crippen LogP contribution in [0.2, 0.25) is 0 Å². The van der Waals surface area contributed by atoms with Crippen molar-refractivity contribution in [3.8, 4) is 0 Å². The molecule has 1 fully saturated rings. The number of carbonyl (C=O) groups is 2. The Hall–Kier alpha value is -1.59. The highest BCUT2D eigenvalue weighted by Gasteiger charge is 2.26. The molecule has 5 nitrogen and oxygen atoms in total. The Kier molecular flexibility index (Phi) is 7.03.